The Bertz CT molecular complexity index is 825. The van der Waals surface area contributed by atoms with Crippen LogP contribution in [0.1, 0.15) is 22.8 Å². The minimum Gasteiger partial charge on any atom is -0.290 e. The van der Waals surface area contributed by atoms with Gasteiger partial charge in [-0.1, -0.05) is 49.4 Å². The first-order valence-corrected chi connectivity index (χ1v) is 7.23. The first kappa shape index (κ1) is 14.2. The number of fused-ring (bicyclic) bond motifs is 1. The van der Waals surface area contributed by atoms with E-state index in [0.29, 0.717) is 5.56 Å². The Kier molecular flexibility index (Phi) is 3.85. The molecule has 110 valence electrons. The number of carbonyl (C=O) groups excluding carboxylic acids is 1. The van der Waals surface area contributed by atoms with Gasteiger partial charge >= 0.3 is 0 Å². The highest BCUT2D eigenvalue weighted by Crippen LogP contribution is 2.25. The quantitative estimate of drug-likeness (QED) is 0.443. The number of benzene rings is 2. The van der Waals surface area contributed by atoms with Crippen molar-refractivity contribution < 1.29 is 4.79 Å². The first-order chi connectivity index (χ1) is 10.7. The lowest BCUT2D eigenvalue weighted by atomic mass is 10.0. The summed E-state index contributed by atoms with van der Waals surface area (Å²) in [4.78, 5) is 16.7. The number of amides is 1. The van der Waals surface area contributed by atoms with Gasteiger partial charge in [-0.3, -0.25) is 10.2 Å². The van der Waals surface area contributed by atoms with E-state index in [1.165, 1.54) is 5.56 Å². The molecule has 0 bridgehead atoms. The highest BCUT2D eigenvalue weighted by Gasteiger charge is 2.12. The molecular formula is C18H17N3O. The number of carbonyl (C=O) groups is 1. The monoisotopic (exact) mass is 291 g/mol. The number of rotatable bonds is 3. The lowest BCUT2D eigenvalue weighted by Crippen LogP contribution is -2.30. The number of nitrogens with zero attached hydrogens (tertiary/aromatic N) is 1. The summed E-state index contributed by atoms with van der Waals surface area (Å²) in [5, 5.41) is 0.791. The van der Waals surface area contributed by atoms with Crippen LogP contribution in [0.15, 0.2) is 54.6 Å². The maximum atomic E-state index is 12.0. The van der Waals surface area contributed by atoms with Gasteiger partial charge in [-0.2, -0.15) is 0 Å². The molecule has 2 aromatic carbocycles. The number of nitrogen functional groups attached to an aromatic ring is 1. The van der Waals surface area contributed by atoms with Crippen molar-refractivity contribution in [2.45, 2.75) is 13.3 Å². The zero-order valence-corrected chi connectivity index (χ0v) is 12.3. The second kappa shape index (κ2) is 5.95. The van der Waals surface area contributed by atoms with E-state index < -0.39 is 0 Å². The standard InChI is InChI=1S/C18H17N3O/c1-2-12-7-9-13(10-8-12)17-11-15(18(22)21-19)14-5-3-4-6-16(14)20-17/h3-11H,2,19H2,1H3,(H,21,22). The number of para-hydroxylation sites is 1. The largest absolute Gasteiger partial charge is 0.290 e. The Labute approximate surface area is 129 Å². The number of aryl methyl sites for hydroxylation is 1. The molecule has 0 saturated heterocycles. The molecule has 0 fully saturated rings. The molecule has 22 heavy (non-hydrogen) atoms. The van der Waals surface area contributed by atoms with E-state index in [0.717, 1.165) is 28.6 Å². The van der Waals surface area contributed by atoms with Crippen molar-refractivity contribution in [3.05, 3.63) is 65.7 Å². The molecule has 3 aromatic rings. The molecule has 1 heterocycles. The van der Waals surface area contributed by atoms with Crippen molar-refractivity contribution in [1.29, 1.82) is 0 Å². The van der Waals surface area contributed by atoms with Gasteiger partial charge in [-0.05, 0) is 24.1 Å². The first-order valence-electron chi connectivity index (χ1n) is 7.23. The molecule has 4 heteroatoms. The summed E-state index contributed by atoms with van der Waals surface area (Å²) in [5.41, 5.74) is 6.52. The van der Waals surface area contributed by atoms with E-state index in [9.17, 15) is 4.79 Å². The van der Waals surface area contributed by atoms with E-state index in [4.69, 9.17) is 5.84 Å². The maximum Gasteiger partial charge on any atom is 0.265 e. The topological polar surface area (TPSA) is 68.0 Å². The lowest BCUT2D eigenvalue weighted by molar-refractivity contribution is 0.0955. The van der Waals surface area contributed by atoms with Gasteiger partial charge in [0.25, 0.3) is 5.91 Å². The van der Waals surface area contributed by atoms with Crippen LogP contribution >= 0.6 is 0 Å². The molecule has 0 saturated carbocycles. The number of pyridine rings is 1. The maximum absolute atomic E-state index is 12.0. The van der Waals surface area contributed by atoms with Gasteiger partial charge in [-0.15, -0.1) is 0 Å². The van der Waals surface area contributed by atoms with Crippen molar-refractivity contribution in [2.75, 3.05) is 0 Å². The molecule has 1 aromatic heterocycles. The summed E-state index contributed by atoms with van der Waals surface area (Å²) in [6, 6.07) is 17.6. The Morgan fingerprint density at radius 2 is 1.86 bits per heavy atom. The van der Waals surface area contributed by atoms with Gasteiger partial charge in [0.2, 0.25) is 0 Å². The van der Waals surface area contributed by atoms with Crippen LogP contribution in [-0.4, -0.2) is 10.9 Å². The molecule has 1 amide bonds. The lowest BCUT2D eigenvalue weighted by Gasteiger charge is -2.09. The van der Waals surface area contributed by atoms with Crippen molar-refractivity contribution in [2.24, 2.45) is 5.84 Å². The normalized spacial score (nSPS) is 10.6. The van der Waals surface area contributed by atoms with Gasteiger partial charge in [0.15, 0.2) is 0 Å². The summed E-state index contributed by atoms with van der Waals surface area (Å²) in [6.07, 6.45) is 0.992. The summed E-state index contributed by atoms with van der Waals surface area (Å²) in [5.74, 6) is 4.99. The van der Waals surface area contributed by atoms with Crippen molar-refractivity contribution in [1.82, 2.24) is 10.4 Å². The fraction of sp³-hybridized carbons (Fsp3) is 0.111. The molecule has 3 rings (SSSR count). The molecule has 4 nitrogen and oxygen atoms in total. The van der Waals surface area contributed by atoms with Crippen LogP contribution in [0.2, 0.25) is 0 Å². The van der Waals surface area contributed by atoms with Crippen molar-refractivity contribution in [3.63, 3.8) is 0 Å². The highest BCUT2D eigenvalue weighted by atomic mass is 16.2. The number of nitrogens with one attached hydrogen (secondary N) is 1. The fourth-order valence-electron chi connectivity index (χ4n) is 2.50. The molecule has 0 atom stereocenters. The second-order valence-electron chi connectivity index (χ2n) is 5.10. The predicted molar refractivity (Wildman–Crippen MR) is 88.2 cm³/mol. The van der Waals surface area contributed by atoms with Gasteiger partial charge in [-0.25, -0.2) is 10.8 Å². The van der Waals surface area contributed by atoms with Gasteiger partial charge in [0.05, 0.1) is 16.8 Å². The highest BCUT2D eigenvalue weighted by molar-refractivity contribution is 6.06. The van der Waals surface area contributed by atoms with E-state index in [-0.39, 0.29) is 5.91 Å². The van der Waals surface area contributed by atoms with Crippen molar-refractivity contribution in [3.8, 4) is 11.3 Å². The van der Waals surface area contributed by atoms with Gasteiger partial charge < -0.3 is 0 Å². The van der Waals surface area contributed by atoms with E-state index >= 15 is 0 Å². The molecule has 0 unspecified atom stereocenters. The van der Waals surface area contributed by atoms with Crippen LogP contribution in [0.4, 0.5) is 0 Å². The molecule has 0 aliphatic carbocycles. The van der Waals surface area contributed by atoms with E-state index in [2.05, 4.69) is 29.5 Å². The third-order valence-electron chi connectivity index (χ3n) is 3.75. The molecule has 3 N–H and O–H groups in total. The molecule has 0 aliphatic rings. The van der Waals surface area contributed by atoms with Crippen LogP contribution in [0.3, 0.4) is 0 Å². The van der Waals surface area contributed by atoms with E-state index in [1.807, 2.05) is 36.4 Å². The van der Waals surface area contributed by atoms with Gasteiger partial charge in [0.1, 0.15) is 0 Å². The van der Waals surface area contributed by atoms with Crippen LogP contribution in [0, 0.1) is 0 Å². The number of nitrogens with two attached hydrogens (primary N) is 1. The average Bonchev–Trinajstić information content (AvgIpc) is 2.60. The Morgan fingerprint density at radius 3 is 2.55 bits per heavy atom. The SMILES string of the molecule is CCc1ccc(-c2cc(C(=O)NN)c3ccccc3n2)cc1. The van der Waals surface area contributed by atoms with Crippen LogP contribution < -0.4 is 11.3 Å². The second-order valence-corrected chi connectivity index (χ2v) is 5.10. The Morgan fingerprint density at radius 1 is 1.14 bits per heavy atom. The van der Waals surface area contributed by atoms with Crippen LogP contribution in [-0.2, 0) is 6.42 Å². The third-order valence-corrected chi connectivity index (χ3v) is 3.75. The minimum absolute atomic E-state index is 0.315. The number of hydrogen-bond donors (Lipinski definition) is 2. The fourth-order valence-corrected chi connectivity index (χ4v) is 2.50. The zero-order chi connectivity index (χ0) is 15.5. The summed E-state index contributed by atoms with van der Waals surface area (Å²) >= 11 is 0. The summed E-state index contributed by atoms with van der Waals surface area (Å²) in [7, 11) is 0. The van der Waals surface area contributed by atoms with Gasteiger partial charge in [0, 0.05) is 10.9 Å². The Balaban J connectivity index is 2.19. The summed E-state index contributed by atoms with van der Waals surface area (Å²) in [6.45, 7) is 2.12. The molecular weight excluding hydrogens is 274 g/mol. The van der Waals surface area contributed by atoms with E-state index in [1.54, 1.807) is 6.07 Å². The summed E-state index contributed by atoms with van der Waals surface area (Å²) < 4.78 is 0. The number of hydrazine groups is 1. The van der Waals surface area contributed by atoms with Crippen LogP contribution in [0.25, 0.3) is 22.2 Å². The minimum atomic E-state index is -0.315. The molecule has 0 spiro atoms. The van der Waals surface area contributed by atoms with Crippen LogP contribution in [0.5, 0.6) is 0 Å². The number of aromatic nitrogens is 1. The number of hydrogen-bond acceptors (Lipinski definition) is 3. The average molecular weight is 291 g/mol. The predicted octanol–water partition coefficient (Wildman–Crippen LogP) is 3.07. The zero-order valence-electron chi connectivity index (χ0n) is 12.3. The Hall–Kier alpha value is -2.72. The van der Waals surface area contributed by atoms with Crippen molar-refractivity contribution >= 4 is 16.8 Å². The third kappa shape index (κ3) is 2.56. The smallest absolute Gasteiger partial charge is 0.265 e. The molecule has 0 radical (unpaired) electrons. The molecule has 0 aliphatic heterocycles.